The van der Waals surface area contributed by atoms with Crippen molar-refractivity contribution < 1.29 is 4.79 Å². The van der Waals surface area contributed by atoms with Crippen LogP contribution in [0.4, 0.5) is 4.79 Å². The van der Waals surface area contributed by atoms with E-state index in [2.05, 4.69) is 15.3 Å². The van der Waals surface area contributed by atoms with Crippen LogP contribution in [0.5, 0.6) is 0 Å². The molecule has 1 aromatic heterocycles. The lowest BCUT2D eigenvalue weighted by atomic mass is 10.1. The first-order chi connectivity index (χ1) is 9.06. The normalized spacial score (nSPS) is 23.6. The summed E-state index contributed by atoms with van der Waals surface area (Å²) in [5.74, 6) is 0. The molecule has 2 saturated heterocycles. The van der Waals surface area contributed by atoms with Crippen LogP contribution >= 0.6 is 11.6 Å². The van der Waals surface area contributed by atoms with E-state index in [1.165, 1.54) is 0 Å². The minimum atomic E-state index is 0.0697. The highest BCUT2D eigenvalue weighted by Gasteiger charge is 2.35. The maximum atomic E-state index is 11.5. The van der Waals surface area contributed by atoms with Gasteiger partial charge in [-0.25, -0.2) is 4.79 Å². The molecule has 1 atom stereocenters. The van der Waals surface area contributed by atoms with Gasteiger partial charge in [-0.3, -0.25) is 9.58 Å². The second kappa shape index (κ2) is 4.68. The van der Waals surface area contributed by atoms with Crippen LogP contribution in [-0.4, -0.2) is 57.8 Å². The average Bonchev–Trinajstić information content (AvgIpc) is 2.86. The van der Waals surface area contributed by atoms with Gasteiger partial charge in [0.2, 0.25) is 0 Å². The zero-order valence-corrected chi connectivity index (χ0v) is 11.9. The summed E-state index contributed by atoms with van der Waals surface area (Å²) < 4.78 is 1.71. The molecule has 104 valence electrons. The van der Waals surface area contributed by atoms with E-state index < -0.39 is 0 Å². The van der Waals surface area contributed by atoms with Gasteiger partial charge in [0.1, 0.15) is 5.15 Å². The summed E-state index contributed by atoms with van der Waals surface area (Å²) in [7, 11) is 1.86. The van der Waals surface area contributed by atoms with Gasteiger partial charge in [0.25, 0.3) is 0 Å². The van der Waals surface area contributed by atoms with Crippen LogP contribution in [0.25, 0.3) is 0 Å². The largest absolute Gasteiger partial charge is 0.336 e. The summed E-state index contributed by atoms with van der Waals surface area (Å²) in [6.45, 7) is 6.09. The van der Waals surface area contributed by atoms with Crippen LogP contribution < -0.4 is 5.32 Å². The van der Waals surface area contributed by atoms with E-state index in [1.54, 1.807) is 4.68 Å². The SMILES string of the molecule is Cc1nn(C)c(Cl)c1CN1CCN2C(=O)NCC2C1. The smallest absolute Gasteiger partial charge is 0.317 e. The summed E-state index contributed by atoms with van der Waals surface area (Å²) in [5, 5.41) is 7.94. The van der Waals surface area contributed by atoms with Gasteiger partial charge in [-0.2, -0.15) is 5.10 Å². The summed E-state index contributed by atoms with van der Waals surface area (Å²) >= 11 is 6.26. The molecule has 3 heterocycles. The summed E-state index contributed by atoms with van der Waals surface area (Å²) in [5.41, 5.74) is 2.07. The Morgan fingerprint density at radius 2 is 2.26 bits per heavy atom. The van der Waals surface area contributed by atoms with Crippen molar-refractivity contribution in [1.29, 1.82) is 0 Å². The van der Waals surface area contributed by atoms with Gasteiger partial charge in [0.15, 0.2) is 0 Å². The zero-order chi connectivity index (χ0) is 13.6. The fourth-order valence-corrected chi connectivity index (χ4v) is 3.12. The highest BCUT2D eigenvalue weighted by Crippen LogP contribution is 2.22. The van der Waals surface area contributed by atoms with Crippen LogP contribution in [0.3, 0.4) is 0 Å². The van der Waals surface area contributed by atoms with Crippen LogP contribution in [0, 0.1) is 6.92 Å². The molecule has 3 rings (SSSR count). The third kappa shape index (κ3) is 2.19. The summed E-state index contributed by atoms with van der Waals surface area (Å²) in [6.07, 6.45) is 0. The van der Waals surface area contributed by atoms with Crippen molar-refractivity contribution >= 4 is 17.6 Å². The Kier molecular flexibility index (Phi) is 3.14. The number of hydrogen-bond acceptors (Lipinski definition) is 3. The Hall–Kier alpha value is -1.27. The van der Waals surface area contributed by atoms with Crippen molar-refractivity contribution in [3.8, 4) is 0 Å². The molecule has 19 heavy (non-hydrogen) atoms. The predicted molar refractivity (Wildman–Crippen MR) is 72.1 cm³/mol. The number of carbonyl (C=O) groups is 1. The maximum Gasteiger partial charge on any atom is 0.317 e. The molecule has 2 fully saturated rings. The predicted octanol–water partition coefficient (Wildman–Crippen LogP) is 0.591. The van der Waals surface area contributed by atoms with Crippen LogP contribution in [0.2, 0.25) is 5.15 Å². The Morgan fingerprint density at radius 3 is 2.95 bits per heavy atom. The molecule has 1 unspecified atom stereocenters. The van der Waals surface area contributed by atoms with Gasteiger partial charge >= 0.3 is 6.03 Å². The van der Waals surface area contributed by atoms with E-state index >= 15 is 0 Å². The van der Waals surface area contributed by atoms with Gasteiger partial charge in [-0.15, -0.1) is 0 Å². The number of hydrogen-bond donors (Lipinski definition) is 1. The van der Waals surface area contributed by atoms with Crippen molar-refractivity contribution in [3.63, 3.8) is 0 Å². The molecule has 2 aliphatic rings. The van der Waals surface area contributed by atoms with E-state index in [1.807, 2.05) is 18.9 Å². The Morgan fingerprint density at radius 1 is 1.47 bits per heavy atom. The highest BCUT2D eigenvalue weighted by molar-refractivity contribution is 6.30. The number of rotatable bonds is 2. The van der Waals surface area contributed by atoms with Crippen molar-refractivity contribution in [2.24, 2.45) is 7.05 Å². The third-order valence-electron chi connectivity index (χ3n) is 3.97. The third-order valence-corrected chi connectivity index (χ3v) is 4.44. The van der Waals surface area contributed by atoms with Gasteiger partial charge in [0, 0.05) is 45.3 Å². The Balaban J connectivity index is 1.70. The molecule has 0 spiro atoms. The molecule has 2 amide bonds. The summed E-state index contributed by atoms with van der Waals surface area (Å²) in [6, 6.07) is 0.359. The lowest BCUT2D eigenvalue weighted by molar-refractivity contribution is 0.116. The van der Waals surface area contributed by atoms with Gasteiger partial charge < -0.3 is 10.2 Å². The number of urea groups is 1. The molecule has 6 nitrogen and oxygen atoms in total. The fourth-order valence-electron chi connectivity index (χ4n) is 2.89. The Labute approximate surface area is 117 Å². The topological polar surface area (TPSA) is 53.4 Å². The van der Waals surface area contributed by atoms with Gasteiger partial charge in [-0.1, -0.05) is 11.6 Å². The number of aryl methyl sites for hydroxylation is 2. The fraction of sp³-hybridized carbons (Fsp3) is 0.667. The number of carbonyl (C=O) groups excluding carboxylic acids is 1. The quantitative estimate of drug-likeness (QED) is 0.864. The summed E-state index contributed by atoms with van der Waals surface area (Å²) in [4.78, 5) is 15.8. The van der Waals surface area contributed by atoms with Crippen molar-refractivity contribution in [3.05, 3.63) is 16.4 Å². The number of nitrogens with one attached hydrogen (secondary N) is 1. The number of aromatic nitrogens is 2. The minimum absolute atomic E-state index is 0.0697. The van der Waals surface area contributed by atoms with Crippen molar-refractivity contribution in [2.75, 3.05) is 26.2 Å². The second-order valence-electron chi connectivity index (χ2n) is 5.25. The van der Waals surface area contributed by atoms with E-state index in [0.29, 0.717) is 5.15 Å². The van der Waals surface area contributed by atoms with E-state index in [-0.39, 0.29) is 12.1 Å². The minimum Gasteiger partial charge on any atom is -0.336 e. The first kappa shape index (κ1) is 12.7. The molecule has 0 radical (unpaired) electrons. The number of halogens is 1. The number of nitrogens with zero attached hydrogens (tertiary/aromatic N) is 4. The molecule has 7 heteroatoms. The maximum absolute atomic E-state index is 11.5. The zero-order valence-electron chi connectivity index (χ0n) is 11.2. The number of fused-ring (bicyclic) bond motifs is 1. The molecule has 0 aliphatic carbocycles. The molecule has 0 bridgehead atoms. The van der Waals surface area contributed by atoms with Crippen LogP contribution in [-0.2, 0) is 13.6 Å². The molecule has 1 aromatic rings. The highest BCUT2D eigenvalue weighted by atomic mass is 35.5. The second-order valence-corrected chi connectivity index (χ2v) is 5.60. The molecule has 0 aromatic carbocycles. The lowest BCUT2D eigenvalue weighted by Gasteiger charge is -2.36. The number of piperazine rings is 1. The monoisotopic (exact) mass is 283 g/mol. The lowest BCUT2D eigenvalue weighted by Crippen LogP contribution is -2.51. The number of amides is 2. The van der Waals surface area contributed by atoms with E-state index in [0.717, 1.165) is 44.0 Å². The van der Waals surface area contributed by atoms with Gasteiger partial charge in [-0.05, 0) is 6.92 Å². The molecular formula is C12H18ClN5O. The first-order valence-electron chi connectivity index (χ1n) is 6.51. The molecule has 1 N–H and O–H groups in total. The van der Waals surface area contributed by atoms with Crippen LogP contribution in [0.15, 0.2) is 0 Å². The standard InChI is InChI=1S/C12H18ClN5O/c1-8-10(11(13)16(2)15-8)7-17-3-4-18-9(6-17)5-14-12(18)19/h9H,3-7H2,1-2H3,(H,14,19). The van der Waals surface area contributed by atoms with Crippen LogP contribution in [0.1, 0.15) is 11.3 Å². The molecule has 0 saturated carbocycles. The molecular weight excluding hydrogens is 266 g/mol. The Bertz CT molecular complexity index is 514. The van der Waals surface area contributed by atoms with E-state index in [9.17, 15) is 4.79 Å². The van der Waals surface area contributed by atoms with Crippen molar-refractivity contribution in [2.45, 2.75) is 19.5 Å². The van der Waals surface area contributed by atoms with Crippen molar-refractivity contribution in [1.82, 2.24) is 24.9 Å². The molecule has 2 aliphatic heterocycles. The average molecular weight is 284 g/mol. The van der Waals surface area contributed by atoms with E-state index in [4.69, 9.17) is 11.6 Å². The first-order valence-corrected chi connectivity index (χ1v) is 6.89. The van der Waals surface area contributed by atoms with Gasteiger partial charge in [0.05, 0.1) is 11.7 Å².